The maximum absolute atomic E-state index is 12.5. The van der Waals surface area contributed by atoms with Crippen LogP contribution in [0.15, 0.2) is 46.5 Å². The quantitative estimate of drug-likeness (QED) is 0.711. The fourth-order valence-electron chi connectivity index (χ4n) is 2.87. The van der Waals surface area contributed by atoms with Gasteiger partial charge in [0.15, 0.2) is 23.4 Å². The van der Waals surface area contributed by atoms with Crippen molar-refractivity contribution in [3.05, 3.63) is 42.1 Å². The Morgan fingerprint density at radius 3 is 2.90 bits per heavy atom. The lowest BCUT2D eigenvalue weighted by molar-refractivity contribution is -0.148. The molecule has 0 aliphatic carbocycles. The van der Waals surface area contributed by atoms with Crippen molar-refractivity contribution in [1.82, 2.24) is 4.90 Å². The molecule has 10 nitrogen and oxygen atoms in total. The van der Waals surface area contributed by atoms with Crippen LogP contribution in [0.2, 0.25) is 0 Å². The molecule has 0 bridgehead atoms. The second kappa shape index (κ2) is 7.24. The maximum Gasteiger partial charge on any atom is 0.342 e. The van der Waals surface area contributed by atoms with Crippen molar-refractivity contribution < 1.29 is 32.2 Å². The van der Waals surface area contributed by atoms with Crippen LogP contribution >= 0.6 is 0 Å². The van der Waals surface area contributed by atoms with Gasteiger partial charge in [0.1, 0.15) is 5.57 Å². The summed E-state index contributed by atoms with van der Waals surface area (Å²) in [6.45, 7) is 1.71. The standard InChI is InChI=1S/C18H17N3O7S/c1-11(17(22)19-12-4-5-14-15(9-12)27-10-26-14)28-18(23)13-3-2-6-21-7-8-29(24,25)20-16(13)21/h2-6,9,11H,7-8,10H2,1H3,(H,19,22). The number of carbonyl (C=O) groups is 2. The van der Waals surface area contributed by atoms with Crippen LogP contribution in [0.1, 0.15) is 6.92 Å². The number of amides is 1. The molecule has 11 heteroatoms. The second-order valence-corrected chi connectivity index (χ2v) is 8.18. The number of anilines is 1. The number of nitrogens with one attached hydrogen (secondary N) is 1. The fourth-order valence-corrected chi connectivity index (χ4v) is 3.86. The van der Waals surface area contributed by atoms with Crippen LogP contribution in [-0.4, -0.2) is 56.2 Å². The molecule has 0 spiro atoms. The number of hydrogen-bond donors (Lipinski definition) is 1. The molecule has 0 fully saturated rings. The number of rotatable bonds is 4. The molecule has 0 saturated heterocycles. The summed E-state index contributed by atoms with van der Waals surface area (Å²) < 4.78 is 42.9. The summed E-state index contributed by atoms with van der Waals surface area (Å²) in [5.41, 5.74) is 0.425. The van der Waals surface area contributed by atoms with E-state index in [2.05, 4.69) is 9.71 Å². The summed E-state index contributed by atoms with van der Waals surface area (Å²) >= 11 is 0. The molecular weight excluding hydrogens is 402 g/mol. The highest BCUT2D eigenvalue weighted by Gasteiger charge is 2.32. The Kier molecular flexibility index (Phi) is 4.74. The number of carbonyl (C=O) groups excluding carboxylic acids is 2. The molecule has 0 saturated carbocycles. The van der Waals surface area contributed by atoms with E-state index in [1.165, 1.54) is 13.0 Å². The molecule has 3 aliphatic rings. The monoisotopic (exact) mass is 419 g/mol. The van der Waals surface area contributed by atoms with Crippen LogP contribution in [0.4, 0.5) is 5.69 Å². The highest BCUT2D eigenvalue weighted by molar-refractivity contribution is 7.90. The van der Waals surface area contributed by atoms with E-state index >= 15 is 0 Å². The van der Waals surface area contributed by atoms with Gasteiger partial charge >= 0.3 is 5.97 Å². The molecule has 152 valence electrons. The third-order valence-electron chi connectivity index (χ3n) is 4.37. The van der Waals surface area contributed by atoms with Crippen LogP contribution in [0.25, 0.3) is 0 Å². The van der Waals surface area contributed by atoms with Gasteiger partial charge in [-0.25, -0.2) is 13.2 Å². The largest absolute Gasteiger partial charge is 0.454 e. The number of ether oxygens (including phenoxy) is 3. The van der Waals surface area contributed by atoms with Gasteiger partial charge in [-0.1, -0.05) is 0 Å². The number of fused-ring (bicyclic) bond motifs is 2. The molecule has 1 unspecified atom stereocenters. The van der Waals surface area contributed by atoms with E-state index in [1.807, 2.05) is 0 Å². The van der Waals surface area contributed by atoms with Crippen LogP contribution in [0.3, 0.4) is 0 Å². The lowest BCUT2D eigenvalue weighted by atomic mass is 10.1. The molecule has 1 atom stereocenters. The Labute approximate surface area is 166 Å². The Morgan fingerprint density at radius 1 is 1.28 bits per heavy atom. The van der Waals surface area contributed by atoms with Crippen molar-refractivity contribution in [2.75, 3.05) is 24.4 Å². The highest BCUT2D eigenvalue weighted by Crippen LogP contribution is 2.34. The van der Waals surface area contributed by atoms with E-state index < -0.39 is 28.0 Å². The van der Waals surface area contributed by atoms with E-state index in [1.54, 1.807) is 35.4 Å². The highest BCUT2D eigenvalue weighted by atomic mass is 32.2. The first-order valence-corrected chi connectivity index (χ1v) is 10.3. The zero-order valence-electron chi connectivity index (χ0n) is 15.3. The minimum atomic E-state index is -3.65. The maximum atomic E-state index is 12.5. The Balaban J connectivity index is 1.43. The summed E-state index contributed by atoms with van der Waals surface area (Å²) in [5.74, 6) is -0.469. The van der Waals surface area contributed by atoms with Gasteiger partial charge in [0, 0.05) is 24.5 Å². The number of benzene rings is 1. The Hall–Kier alpha value is -3.34. The number of allylic oxidation sites excluding steroid dienone is 2. The van der Waals surface area contributed by atoms with Crippen molar-refractivity contribution >= 4 is 33.4 Å². The predicted molar refractivity (Wildman–Crippen MR) is 102 cm³/mol. The second-order valence-electron chi connectivity index (χ2n) is 6.42. The number of nitrogens with zero attached hydrogens (tertiary/aromatic N) is 2. The fraction of sp³-hybridized carbons (Fsp3) is 0.278. The lowest BCUT2D eigenvalue weighted by Crippen LogP contribution is -2.41. The third-order valence-corrected chi connectivity index (χ3v) is 5.52. The Bertz CT molecular complexity index is 1070. The first-order chi connectivity index (χ1) is 13.8. The van der Waals surface area contributed by atoms with Crippen LogP contribution in [0, 0.1) is 0 Å². The smallest absolute Gasteiger partial charge is 0.342 e. The van der Waals surface area contributed by atoms with E-state index in [0.717, 1.165) is 0 Å². The SMILES string of the molecule is CC(OC(=O)C1=CC=CN2CCS(=O)(=O)N=C12)C(=O)Nc1ccc2c(c1)OCO2. The number of amidine groups is 1. The lowest BCUT2D eigenvalue weighted by Gasteiger charge is -2.28. The zero-order valence-corrected chi connectivity index (χ0v) is 16.1. The molecule has 3 heterocycles. The molecule has 1 aromatic carbocycles. The molecule has 4 rings (SSSR count). The molecule has 1 N–H and O–H groups in total. The van der Waals surface area contributed by atoms with Crippen LogP contribution in [-0.2, 0) is 24.3 Å². The van der Waals surface area contributed by atoms with E-state index in [4.69, 9.17) is 14.2 Å². The van der Waals surface area contributed by atoms with Gasteiger partial charge in [0.25, 0.3) is 15.9 Å². The van der Waals surface area contributed by atoms with Gasteiger partial charge in [0.05, 0.1) is 5.75 Å². The van der Waals surface area contributed by atoms with Crippen molar-refractivity contribution in [1.29, 1.82) is 0 Å². The average molecular weight is 419 g/mol. The van der Waals surface area contributed by atoms with E-state index in [0.29, 0.717) is 17.2 Å². The summed E-state index contributed by atoms with van der Waals surface area (Å²) in [4.78, 5) is 26.5. The van der Waals surface area contributed by atoms with Crippen molar-refractivity contribution in [3.8, 4) is 11.5 Å². The molecular formula is C18H17N3O7S. The van der Waals surface area contributed by atoms with Gasteiger partial charge in [-0.3, -0.25) is 4.79 Å². The van der Waals surface area contributed by atoms with Crippen molar-refractivity contribution in [2.24, 2.45) is 4.40 Å². The molecule has 1 aromatic rings. The van der Waals surface area contributed by atoms with Crippen molar-refractivity contribution in [2.45, 2.75) is 13.0 Å². The van der Waals surface area contributed by atoms with Crippen LogP contribution < -0.4 is 14.8 Å². The molecule has 0 aromatic heterocycles. The van der Waals surface area contributed by atoms with Gasteiger partial charge in [0.2, 0.25) is 6.79 Å². The molecule has 29 heavy (non-hydrogen) atoms. The molecule has 0 radical (unpaired) electrons. The van der Waals surface area contributed by atoms with Crippen LogP contribution in [0.5, 0.6) is 11.5 Å². The number of hydrogen-bond acceptors (Lipinski definition) is 8. The van der Waals surface area contributed by atoms with Crippen molar-refractivity contribution in [3.63, 3.8) is 0 Å². The van der Waals surface area contributed by atoms with Gasteiger partial charge in [-0.2, -0.15) is 0 Å². The average Bonchev–Trinajstić information content (AvgIpc) is 3.14. The first kappa shape index (κ1) is 19.0. The normalized spacial score (nSPS) is 19.6. The van der Waals surface area contributed by atoms with E-state index in [9.17, 15) is 18.0 Å². The van der Waals surface area contributed by atoms with Gasteiger partial charge < -0.3 is 24.4 Å². The summed E-state index contributed by atoms with van der Waals surface area (Å²) in [6.07, 6.45) is 3.49. The van der Waals surface area contributed by atoms with Gasteiger partial charge in [-0.05, 0) is 31.2 Å². The third kappa shape index (κ3) is 3.94. The molecule has 1 amide bonds. The zero-order chi connectivity index (χ0) is 20.6. The number of sulfonamides is 1. The van der Waals surface area contributed by atoms with E-state index in [-0.39, 0.29) is 30.5 Å². The molecule has 3 aliphatic heterocycles. The van der Waals surface area contributed by atoms with Gasteiger partial charge in [-0.15, -0.1) is 4.40 Å². The first-order valence-electron chi connectivity index (χ1n) is 8.72. The minimum Gasteiger partial charge on any atom is -0.454 e. The predicted octanol–water partition coefficient (Wildman–Crippen LogP) is 0.783. The summed E-state index contributed by atoms with van der Waals surface area (Å²) in [7, 11) is -3.65. The Morgan fingerprint density at radius 2 is 2.07 bits per heavy atom. The summed E-state index contributed by atoms with van der Waals surface area (Å²) in [5, 5.41) is 2.63. The number of esters is 1. The minimum absolute atomic E-state index is 0.00729. The summed E-state index contributed by atoms with van der Waals surface area (Å²) in [6, 6.07) is 4.89. The topological polar surface area (TPSA) is 124 Å².